The fourth-order valence-corrected chi connectivity index (χ4v) is 4.25. The van der Waals surface area contributed by atoms with E-state index in [4.69, 9.17) is 14.7 Å². The Morgan fingerprint density at radius 1 is 0.935 bits per heavy atom. The van der Waals surface area contributed by atoms with Crippen molar-refractivity contribution in [3.8, 4) is 11.4 Å². The van der Waals surface area contributed by atoms with Crippen LogP contribution in [0, 0.1) is 0 Å². The Bertz CT molecular complexity index is 1190. The lowest BCUT2D eigenvalue weighted by molar-refractivity contribution is 0.122. The van der Waals surface area contributed by atoms with Crippen LogP contribution in [0.5, 0.6) is 0 Å². The molecule has 1 saturated heterocycles. The van der Waals surface area contributed by atoms with Crippen molar-refractivity contribution in [2.45, 2.75) is 0 Å². The van der Waals surface area contributed by atoms with Crippen molar-refractivity contribution < 1.29 is 9.53 Å². The zero-order chi connectivity index (χ0) is 21.0. The fourth-order valence-electron chi connectivity index (χ4n) is 3.40. The first-order valence-corrected chi connectivity index (χ1v) is 10.8. The summed E-state index contributed by atoms with van der Waals surface area (Å²) >= 11 is 1.66. The molecule has 0 atom stereocenters. The number of rotatable bonds is 4. The minimum absolute atomic E-state index is 0.315. The van der Waals surface area contributed by atoms with E-state index in [-0.39, 0.29) is 6.03 Å². The lowest BCUT2D eigenvalue weighted by Gasteiger charge is -2.28. The van der Waals surface area contributed by atoms with Crippen LogP contribution in [0.15, 0.2) is 60.2 Å². The second-order valence-corrected chi connectivity index (χ2v) is 7.91. The normalized spacial score (nSPS) is 13.9. The minimum atomic E-state index is -0.315. The molecule has 3 aromatic heterocycles. The monoisotopic (exact) mass is 432 g/mol. The molecule has 31 heavy (non-hydrogen) atoms. The van der Waals surface area contributed by atoms with Crippen LogP contribution in [-0.2, 0) is 4.74 Å². The first kappa shape index (κ1) is 19.4. The number of thiophene rings is 1. The Kier molecular flexibility index (Phi) is 5.42. The number of carbonyl (C=O) groups is 1. The highest BCUT2D eigenvalue weighted by Gasteiger charge is 2.18. The molecule has 156 valence electrons. The van der Waals surface area contributed by atoms with E-state index in [1.165, 1.54) is 0 Å². The van der Waals surface area contributed by atoms with Crippen molar-refractivity contribution in [2.24, 2.45) is 0 Å². The highest BCUT2D eigenvalue weighted by Crippen LogP contribution is 2.32. The van der Waals surface area contributed by atoms with Gasteiger partial charge in [-0.2, -0.15) is 0 Å². The third-order valence-electron chi connectivity index (χ3n) is 4.94. The predicted molar refractivity (Wildman–Crippen MR) is 123 cm³/mol. The molecule has 0 unspecified atom stereocenters. The smallest absolute Gasteiger partial charge is 0.323 e. The van der Waals surface area contributed by atoms with E-state index < -0.39 is 0 Å². The van der Waals surface area contributed by atoms with Crippen molar-refractivity contribution >= 4 is 44.8 Å². The van der Waals surface area contributed by atoms with Gasteiger partial charge >= 0.3 is 6.03 Å². The summed E-state index contributed by atoms with van der Waals surface area (Å²) in [5, 5.41) is 7.64. The van der Waals surface area contributed by atoms with Crippen molar-refractivity contribution in [3.63, 3.8) is 0 Å². The molecule has 2 amide bonds. The SMILES string of the molecule is O=C(Nc1ccncc1)Nc1ccc(-c2nc(N3CCOCC3)c3sccc3n2)cc1. The van der Waals surface area contributed by atoms with Crippen LogP contribution >= 0.6 is 11.3 Å². The number of aromatic nitrogens is 3. The summed E-state index contributed by atoms with van der Waals surface area (Å²) < 4.78 is 6.58. The van der Waals surface area contributed by atoms with Crippen molar-refractivity contribution in [1.82, 2.24) is 15.0 Å². The number of nitrogens with zero attached hydrogens (tertiary/aromatic N) is 4. The molecule has 8 nitrogen and oxygen atoms in total. The van der Waals surface area contributed by atoms with Gasteiger partial charge in [-0.25, -0.2) is 14.8 Å². The third-order valence-corrected chi connectivity index (χ3v) is 5.84. The molecule has 1 aliphatic heterocycles. The quantitative estimate of drug-likeness (QED) is 0.501. The van der Waals surface area contributed by atoms with Crippen molar-refractivity contribution in [1.29, 1.82) is 0 Å². The minimum Gasteiger partial charge on any atom is -0.378 e. The van der Waals surface area contributed by atoms with Gasteiger partial charge in [0.15, 0.2) is 11.6 Å². The molecule has 9 heteroatoms. The number of ether oxygens (including phenoxy) is 1. The number of fused-ring (bicyclic) bond motifs is 1. The first-order valence-electron chi connectivity index (χ1n) is 9.93. The van der Waals surface area contributed by atoms with Gasteiger partial charge in [0.25, 0.3) is 0 Å². The summed E-state index contributed by atoms with van der Waals surface area (Å²) in [6.07, 6.45) is 3.25. The van der Waals surface area contributed by atoms with E-state index in [1.807, 2.05) is 35.7 Å². The largest absolute Gasteiger partial charge is 0.378 e. The summed E-state index contributed by atoms with van der Waals surface area (Å²) in [6, 6.07) is 12.7. The number of hydrogen-bond acceptors (Lipinski definition) is 7. The van der Waals surface area contributed by atoms with E-state index in [1.54, 1.807) is 35.9 Å². The summed E-state index contributed by atoms with van der Waals surface area (Å²) in [4.78, 5) is 28.0. The van der Waals surface area contributed by atoms with E-state index >= 15 is 0 Å². The molecule has 2 N–H and O–H groups in total. The molecule has 5 rings (SSSR count). The lowest BCUT2D eigenvalue weighted by Crippen LogP contribution is -2.36. The average molecular weight is 433 g/mol. The Hall–Kier alpha value is -3.56. The Morgan fingerprint density at radius 3 is 2.39 bits per heavy atom. The highest BCUT2D eigenvalue weighted by molar-refractivity contribution is 7.17. The van der Waals surface area contributed by atoms with Gasteiger partial charge in [-0.15, -0.1) is 11.3 Å². The molecular weight excluding hydrogens is 412 g/mol. The molecule has 0 radical (unpaired) electrons. The molecule has 0 spiro atoms. The molecule has 0 bridgehead atoms. The standard InChI is InChI=1S/C22H20N6O2S/c29-22(25-17-5-8-23-9-6-17)24-16-3-1-15(2-4-16)20-26-18-7-14-31-19(18)21(27-20)28-10-12-30-13-11-28/h1-9,14H,10-13H2,(H2,23,24,25,29). The molecule has 0 saturated carbocycles. The molecule has 1 fully saturated rings. The van der Waals surface area contributed by atoms with E-state index in [9.17, 15) is 4.79 Å². The number of anilines is 3. The number of amides is 2. The molecular formula is C22H20N6O2S. The van der Waals surface area contributed by atoms with Crippen LogP contribution < -0.4 is 15.5 Å². The Labute approximate surface area is 182 Å². The maximum Gasteiger partial charge on any atom is 0.323 e. The van der Waals surface area contributed by atoms with Gasteiger partial charge in [-0.1, -0.05) is 0 Å². The van der Waals surface area contributed by atoms with Crippen molar-refractivity contribution in [3.05, 3.63) is 60.2 Å². The molecule has 1 aromatic carbocycles. The van der Waals surface area contributed by atoms with Gasteiger partial charge in [-0.05, 0) is 47.8 Å². The van der Waals surface area contributed by atoms with Gasteiger partial charge in [0.05, 0.1) is 23.4 Å². The first-order chi connectivity index (χ1) is 15.3. The summed E-state index contributed by atoms with van der Waals surface area (Å²) in [7, 11) is 0. The number of morpholine rings is 1. The number of carbonyl (C=O) groups excluding carboxylic acids is 1. The average Bonchev–Trinajstić information content (AvgIpc) is 3.29. The van der Waals surface area contributed by atoms with Crippen LogP contribution in [-0.4, -0.2) is 47.3 Å². The summed E-state index contributed by atoms with van der Waals surface area (Å²) in [6.45, 7) is 3.04. The number of benzene rings is 1. The molecule has 4 heterocycles. The van der Waals surface area contributed by atoms with Gasteiger partial charge in [0.2, 0.25) is 0 Å². The zero-order valence-corrected chi connectivity index (χ0v) is 17.4. The van der Waals surface area contributed by atoms with Crippen molar-refractivity contribution in [2.75, 3.05) is 41.8 Å². The maximum atomic E-state index is 12.2. The van der Waals surface area contributed by atoms with E-state index in [0.717, 1.165) is 34.7 Å². The van der Waals surface area contributed by atoms with Gasteiger partial charge in [0, 0.05) is 42.4 Å². The van der Waals surface area contributed by atoms with Crippen LogP contribution in [0.1, 0.15) is 0 Å². The second-order valence-electron chi connectivity index (χ2n) is 7.00. The summed E-state index contributed by atoms with van der Waals surface area (Å²) in [5.74, 6) is 1.62. The number of hydrogen-bond donors (Lipinski definition) is 2. The Morgan fingerprint density at radius 2 is 1.65 bits per heavy atom. The topological polar surface area (TPSA) is 92.3 Å². The summed E-state index contributed by atoms with van der Waals surface area (Å²) in [5.41, 5.74) is 3.19. The van der Waals surface area contributed by atoms with E-state index in [0.29, 0.717) is 30.4 Å². The third kappa shape index (κ3) is 4.32. The molecule has 0 aliphatic carbocycles. The second kappa shape index (κ2) is 8.66. The van der Waals surface area contributed by atoms with Crippen LogP contribution in [0.3, 0.4) is 0 Å². The Balaban J connectivity index is 1.36. The highest BCUT2D eigenvalue weighted by atomic mass is 32.1. The maximum absolute atomic E-state index is 12.2. The molecule has 4 aromatic rings. The number of urea groups is 1. The van der Waals surface area contributed by atoms with Gasteiger partial charge < -0.3 is 20.3 Å². The van der Waals surface area contributed by atoms with E-state index in [2.05, 4.69) is 20.5 Å². The van der Waals surface area contributed by atoms with Crippen LogP contribution in [0.25, 0.3) is 21.6 Å². The fraction of sp³-hybridized carbons (Fsp3) is 0.182. The van der Waals surface area contributed by atoms with Crippen LogP contribution in [0.4, 0.5) is 22.0 Å². The predicted octanol–water partition coefficient (Wildman–Crippen LogP) is 4.23. The van der Waals surface area contributed by atoms with Gasteiger partial charge in [-0.3, -0.25) is 4.98 Å². The molecule has 1 aliphatic rings. The zero-order valence-electron chi connectivity index (χ0n) is 16.6. The number of nitrogens with one attached hydrogen (secondary N) is 2. The van der Waals surface area contributed by atoms with Crippen LogP contribution in [0.2, 0.25) is 0 Å². The number of pyridine rings is 1. The lowest BCUT2D eigenvalue weighted by atomic mass is 10.2. The van der Waals surface area contributed by atoms with Gasteiger partial charge in [0.1, 0.15) is 0 Å².